The van der Waals surface area contributed by atoms with Crippen LogP contribution < -0.4 is 10.6 Å². The van der Waals surface area contributed by atoms with E-state index in [-0.39, 0.29) is 5.91 Å². The highest BCUT2D eigenvalue weighted by molar-refractivity contribution is 9.10. The van der Waals surface area contributed by atoms with Gasteiger partial charge in [-0.15, -0.1) is 11.3 Å². The summed E-state index contributed by atoms with van der Waals surface area (Å²) in [6.07, 6.45) is 0. The minimum absolute atomic E-state index is 0.0300. The molecule has 4 nitrogen and oxygen atoms in total. The molecule has 1 aromatic heterocycles. The van der Waals surface area contributed by atoms with Crippen molar-refractivity contribution in [1.82, 2.24) is 10.3 Å². The summed E-state index contributed by atoms with van der Waals surface area (Å²) < 4.78 is 1.05. The summed E-state index contributed by atoms with van der Waals surface area (Å²) >= 11 is 5.08. The van der Waals surface area contributed by atoms with Crippen LogP contribution in [0.4, 0.5) is 0 Å². The summed E-state index contributed by atoms with van der Waals surface area (Å²) in [5.41, 5.74) is 2.11. The molecule has 3 N–H and O–H groups in total. The molecule has 0 atom stereocenters. The highest BCUT2D eigenvalue weighted by atomic mass is 79.9. The van der Waals surface area contributed by atoms with Gasteiger partial charge in [-0.1, -0.05) is 28.1 Å². The van der Waals surface area contributed by atoms with E-state index < -0.39 is 0 Å². The fourth-order valence-corrected chi connectivity index (χ4v) is 2.84. The molecule has 0 aliphatic carbocycles. The molecule has 1 amide bonds. The van der Waals surface area contributed by atoms with Crippen LogP contribution in [0.3, 0.4) is 0 Å². The molecule has 0 saturated heterocycles. The van der Waals surface area contributed by atoms with E-state index in [1.807, 2.05) is 28.9 Å². The van der Waals surface area contributed by atoms with Crippen LogP contribution in [0.1, 0.15) is 5.69 Å². The Balaban J connectivity index is 1.97. The van der Waals surface area contributed by atoms with Crippen molar-refractivity contribution in [1.29, 1.82) is 0 Å². The first kappa shape index (κ1) is 14.2. The largest absolute Gasteiger partial charge is 0.354 e. The van der Waals surface area contributed by atoms with Gasteiger partial charge in [-0.3, -0.25) is 4.79 Å². The van der Waals surface area contributed by atoms with Crippen LogP contribution in [0.15, 0.2) is 34.1 Å². The molecule has 6 heteroatoms. The van der Waals surface area contributed by atoms with Crippen molar-refractivity contribution >= 4 is 33.2 Å². The predicted octanol–water partition coefficient (Wildman–Crippen LogP) is 1.38. The normalized spacial score (nSPS) is 10.4. The zero-order chi connectivity index (χ0) is 13.7. The number of carbonyl (C=O) groups is 1. The molecular weight excluding hydrogens is 326 g/mol. The number of nitrogens with two attached hydrogens (primary N) is 1. The molecule has 2 rings (SSSR count). The van der Waals surface area contributed by atoms with Gasteiger partial charge in [-0.05, 0) is 12.1 Å². The highest BCUT2D eigenvalue weighted by Crippen LogP contribution is 2.25. The summed E-state index contributed by atoms with van der Waals surface area (Å²) in [4.78, 5) is 15.7. The molecule has 0 unspecified atom stereocenters. The summed E-state index contributed by atoms with van der Waals surface area (Å²) in [7, 11) is 1.64. The lowest BCUT2D eigenvalue weighted by Gasteiger charge is -1.98. The number of carbonyl (C=O) groups excluding carboxylic acids is 1. The summed E-state index contributed by atoms with van der Waals surface area (Å²) in [5, 5.41) is 7.58. The molecule has 0 radical (unpaired) electrons. The second kappa shape index (κ2) is 6.79. The minimum atomic E-state index is 0.0300. The van der Waals surface area contributed by atoms with E-state index in [0.717, 1.165) is 27.3 Å². The number of thiazole rings is 1. The SMILES string of the molecule is CNC(=O)C[NH2+]Cc1csc(-c2cccc(Br)c2)n1. The number of quaternary nitrogens is 1. The van der Waals surface area contributed by atoms with Crippen LogP contribution in [0.25, 0.3) is 10.6 Å². The number of hydrogen-bond donors (Lipinski definition) is 2. The third-order valence-corrected chi connectivity index (χ3v) is 4.02. The fraction of sp³-hybridized carbons (Fsp3) is 0.231. The summed E-state index contributed by atoms with van der Waals surface area (Å²) in [5.74, 6) is 0.0300. The van der Waals surface area contributed by atoms with Crippen molar-refractivity contribution in [3.63, 3.8) is 0 Å². The van der Waals surface area contributed by atoms with E-state index >= 15 is 0 Å². The van der Waals surface area contributed by atoms with Crippen molar-refractivity contribution in [2.45, 2.75) is 6.54 Å². The Morgan fingerprint density at radius 1 is 1.53 bits per heavy atom. The van der Waals surface area contributed by atoms with Crippen molar-refractivity contribution in [2.24, 2.45) is 0 Å². The molecule has 0 aliphatic rings. The number of nitrogens with one attached hydrogen (secondary N) is 1. The average molecular weight is 341 g/mol. The smallest absolute Gasteiger partial charge is 0.274 e. The Bertz CT molecular complexity index is 571. The Labute approximate surface area is 124 Å². The fourth-order valence-electron chi connectivity index (χ4n) is 1.61. The van der Waals surface area contributed by atoms with E-state index in [1.54, 1.807) is 18.4 Å². The summed E-state index contributed by atoms with van der Waals surface area (Å²) in [6.45, 7) is 1.15. The van der Waals surface area contributed by atoms with Gasteiger partial charge in [-0.2, -0.15) is 0 Å². The highest BCUT2D eigenvalue weighted by Gasteiger charge is 2.07. The maximum atomic E-state index is 11.1. The van der Waals surface area contributed by atoms with Crippen LogP contribution in [0.2, 0.25) is 0 Å². The zero-order valence-corrected chi connectivity index (χ0v) is 12.9. The van der Waals surface area contributed by atoms with Gasteiger partial charge >= 0.3 is 0 Å². The van der Waals surface area contributed by atoms with Crippen molar-refractivity contribution in [3.05, 3.63) is 39.8 Å². The van der Waals surface area contributed by atoms with Crippen molar-refractivity contribution in [2.75, 3.05) is 13.6 Å². The molecule has 2 aromatic rings. The second-order valence-corrected chi connectivity index (χ2v) is 5.80. The van der Waals surface area contributed by atoms with Gasteiger partial charge in [0.15, 0.2) is 6.54 Å². The molecule has 0 spiro atoms. The number of aromatic nitrogens is 1. The van der Waals surface area contributed by atoms with E-state index in [9.17, 15) is 4.79 Å². The van der Waals surface area contributed by atoms with Gasteiger partial charge in [0.1, 0.15) is 17.2 Å². The Morgan fingerprint density at radius 2 is 2.37 bits per heavy atom. The number of likely N-dealkylation sites (N-methyl/N-ethyl adjacent to an activating group) is 1. The monoisotopic (exact) mass is 340 g/mol. The second-order valence-electron chi connectivity index (χ2n) is 4.02. The van der Waals surface area contributed by atoms with Crippen LogP contribution in [0.5, 0.6) is 0 Å². The Morgan fingerprint density at radius 3 is 3.11 bits per heavy atom. The van der Waals surface area contributed by atoms with Gasteiger partial charge in [0, 0.05) is 22.5 Å². The van der Waals surface area contributed by atoms with Gasteiger partial charge in [0.05, 0.1) is 0 Å². The van der Waals surface area contributed by atoms with Crippen LogP contribution in [-0.4, -0.2) is 24.5 Å². The van der Waals surface area contributed by atoms with Gasteiger partial charge in [0.2, 0.25) is 0 Å². The molecule has 0 bridgehead atoms. The van der Waals surface area contributed by atoms with Gasteiger partial charge in [0.25, 0.3) is 5.91 Å². The maximum Gasteiger partial charge on any atom is 0.274 e. The molecule has 1 heterocycles. The first-order valence-corrected chi connectivity index (χ1v) is 7.59. The lowest BCUT2D eigenvalue weighted by molar-refractivity contribution is -0.660. The van der Waals surface area contributed by atoms with Crippen molar-refractivity contribution in [3.8, 4) is 10.6 Å². The van der Waals surface area contributed by atoms with E-state index in [4.69, 9.17) is 0 Å². The average Bonchev–Trinajstić information content (AvgIpc) is 2.87. The molecule has 0 aliphatic heterocycles. The zero-order valence-electron chi connectivity index (χ0n) is 10.5. The molecular formula is C13H15BrN3OS+. The lowest BCUT2D eigenvalue weighted by atomic mass is 10.2. The standard InChI is InChI=1S/C13H14BrN3OS/c1-15-12(18)7-16-6-11-8-19-13(17-11)9-3-2-4-10(14)5-9/h2-5,8,16H,6-7H2,1H3,(H,15,18)/p+1. The third-order valence-electron chi connectivity index (χ3n) is 2.59. The van der Waals surface area contributed by atoms with Crippen molar-refractivity contribution < 1.29 is 10.1 Å². The quantitative estimate of drug-likeness (QED) is 0.863. The number of hydrogen-bond acceptors (Lipinski definition) is 3. The van der Waals surface area contributed by atoms with Gasteiger partial charge in [-0.25, -0.2) is 4.98 Å². The topological polar surface area (TPSA) is 58.6 Å². The third kappa shape index (κ3) is 4.12. The van der Waals surface area contributed by atoms with E-state index in [2.05, 4.69) is 32.3 Å². The molecule has 0 fully saturated rings. The maximum absolute atomic E-state index is 11.1. The number of rotatable bonds is 5. The number of amides is 1. The number of benzene rings is 1. The minimum Gasteiger partial charge on any atom is -0.354 e. The van der Waals surface area contributed by atoms with E-state index in [1.165, 1.54) is 0 Å². The predicted molar refractivity (Wildman–Crippen MR) is 79.8 cm³/mol. The molecule has 19 heavy (non-hydrogen) atoms. The van der Waals surface area contributed by atoms with Crippen LogP contribution in [0, 0.1) is 0 Å². The molecule has 0 saturated carbocycles. The number of halogens is 1. The first-order valence-electron chi connectivity index (χ1n) is 5.91. The Kier molecular flexibility index (Phi) is 5.07. The van der Waals surface area contributed by atoms with Crippen LogP contribution >= 0.6 is 27.3 Å². The Hall–Kier alpha value is -1.24. The van der Waals surface area contributed by atoms with E-state index in [0.29, 0.717) is 6.54 Å². The summed E-state index contributed by atoms with van der Waals surface area (Å²) in [6, 6.07) is 8.09. The lowest BCUT2D eigenvalue weighted by Crippen LogP contribution is -2.85. The van der Waals surface area contributed by atoms with Crippen LogP contribution in [-0.2, 0) is 11.3 Å². The molecule has 100 valence electrons. The van der Waals surface area contributed by atoms with Gasteiger partial charge < -0.3 is 10.6 Å². The molecule has 1 aromatic carbocycles. The number of nitrogens with zero attached hydrogens (tertiary/aromatic N) is 1. The first-order chi connectivity index (χ1) is 9.19.